The predicted molar refractivity (Wildman–Crippen MR) is 148 cm³/mol. The van der Waals surface area contributed by atoms with Crippen LogP contribution in [0.2, 0.25) is 0 Å². The van der Waals surface area contributed by atoms with Gasteiger partial charge in [-0.15, -0.1) is 0 Å². The van der Waals surface area contributed by atoms with Crippen molar-refractivity contribution < 1.29 is 44.0 Å². The van der Waals surface area contributed by atoms with Gasteiger partial charge in [0.05, 0.1) is 24.6 Å². The number of phenolic OH excluding ortho intramolecular Hbond substituents is 1. The number of amides is 1. The number of likely N-dealkylation sites (N-methyl/N-ethyl adjacent to an activating group) is 1. The lowest BCUT2D eigenvalue weighted by molar-refractivity contribution is -0.181. The summed E-state index contributed by atoms with van der Waals surface area (Å²) < 4.78 is 5.79. The van der Waals surface area contributed by atoms with Crippen molar-refractivity contribution >= 4 is 29.0 Å². The third-order valence-corrected chi connectivity index (χ3v) is 9.93. The first-order chi connectivity index (χ1) is 19.9. The number of rotatable bonds is 7. The molecule has 228 valence electrons. The molecule has 3 fully saturated rings. The smallest absolute Gasteiger partial charge is 0.235 e. The number of ketones is 4. The van der Waals surface area contributed by atoms with Crippen LogP contribution in [0.25, 0.3) is 0 Å². The van der Waals surface area contributed by atoms with Crippen LogP contribution in [0.1, 0.15) is 47.2 Å². The van der Waals surface area contributed by atoms with E-state index in [1.165, 1.54) is 18.1 Å². The average Bonchev–Trinajstić information content (AvgIpc) is 2.91. The molecule has 1 saturated heterocycles. The Balaban J connectivity index is 1.52. The number of likely N-dealkylation sites (tertiary alicyclic amines) is 1. The number of nitrogens with zero attached hydrogens (tertiary/aromatic N) is 2. The van der Waals surface area contributed by atoms with Crippen LogP contribution in [-0.2, 0) is 32.1 Å². The van der Waals surface area contributed by atoms with Gasteiger partial charge in [-0.2, -0.15) is 0 Å². The van der Waals surface area contributed by atoms with Gasteiger partial charge in [-0.05, 0) is 77.2 Å². The van der Waals surface area contributed by atoms with Gasteiger partial charge in [-0.3, -0.25) is 33.8 Å². The molecule has 6 atom stereocenters. The number of fused-ring (bicyclic) bond motifs is 3. The van der Waals surface area contributed by atoms with Crippen molar-refractivity contribution in [1.29, 1.82) is 0 Å². The number of carbonyl (C=O) groups is 5. The van der Waals surface area contributed by atoms with E-state index in [1.807, 2.05) is 0 Å². The van der Waals surface area contributed by atoms with Crippen LogP contribution >= 0.6 is 0 Å². The van der Waals surface area contributed by atoms with Gasteiger partial charge in [0, 0.05) is 30.2 Å². The highest BCUT2D eigenvalue weighted by Crippen LogP contribution is 2.52. The zero-order chi connectivity index (χ0) is 30.7. The van der Waals surface area contributed by atoms with Gasteiger partial charge in [0.25, 0.3) is 0 Å². The molecule has 12 heteroatoms. The lowest BCUT2D eigenvalue weighted by atomic mass is 9.52. The highest BCUT2D eigenvalue weighted by atomic mass is 16.5. The molecule has 5 rings (SSSR count). The topological polar surface area (TPSA) is 188 Å². The number of methoxy groups -OCH3 is 1. The van der Waals surface area contributed by atoms with Crippen molar-refractivity contribution in [3.8, 4) is 11.5 Å². The third-order valence-electron chi connectivity index (χ3n) is 9.93. The molecule has 1 aromatic rings. The number of aliphatic hydroxyl groups is 2. The Morgan fingerprint density at radius 2 is 1.83 bits per heavy atom. The number of piperidine rings is 1. The van der Waals surface area contributed by atoms with E-state index in [1.54, 1.807) is 14.1 Å². The number of ether oxygens (including phenoxy) is 1. The molecule has 42 heavy (non-hydrogen) atoms. The van der Waals surface area contributed by atoms with Crippen molar-refractivity contribution in [1.82, 2.24) is 9.80 Å². The van der Waals surface area contributed by atoms with E-state index < -0.39 is 64.4 Å². The second-order valence-corrected chi connectivity index (χ2v) is 12.5. The number of aromatic hydroxyl groups is 1. The summed E-state index contributed by atoms with van der Waals surface area (Å²) in [5.74, 6) is -9.84. The first kappa shape index (κ1) is 30.3. The summed E-state index contributed by atoms with van der Waals surface area (Å²) in [5, 5.41) is 32.0. The van der Waals surface area contributed by atoms with Crippen molar-refractivity contribution in [2.24, 2.45) is 35.3 Å². The SMILES string of the molecule is COc1c(CN2CCC(CCO)CC2)cc(O)c2c1C[C@H]1C[C@H]3[C@H](N(C)C)C(=O)C(C(N)=O)C(=O)[C@@]3(O)C(=O)C1C2=O. The summed E-state index contributed by atoms with van der Waals surface area (Å²) in [4.78, 5) is 70.3. The number of phenols is 1. The maximum absolute atomic E-state index is 13.9. The molecule has 0 radical (unpaired) electrons. The largest absolute Gasteiger partial charge is 0.507 e. The minimum absolute atomic E-state index is 0.0175. The number of aliphatic hydroxyl groups excluding tert-OH is 1. The van der Waals surface area contributed by atoms with Gasteiger partial charge in [-0.25, -0.2) is 0 Å². The molecule has 0 bridgehead atoms. The summed E-state index contributed by atoms with van der Waals surface area (Å²) in [5.41, 5.74) is 3.68. The molecular formula is C30H39N3O9. The molecule has 12 nitrogen and oxygen atoms in total. The number of hydrogen-bond donors (Lipinski definition) is 4. The van der Waals surface area contributed by atoms with Crippen LogP contribution in [-0.4, -0.2) is 107 Å². The highest BCUT2D eigenvalue weighted by Gasteiger charge is 2.69. The van der Waals surface area contributed by atoms with Crippen LogP contribution in [0.15, 0.2) is 6.07 Å². The predicted octanol–water partition coefficient (Wildman–Crippen LogP) is -0.530. The maximum atomic E-state index is 13.9. The third kappa shape index (κ3) is 4.55. The van der Waals surface area contributed by atoms with E-state index in [4.69, 9.17) is 10.5 Å². The quantitative estimate of drug-likeness (QED) is 0.301. The number of nitrogens with two attached hydrogens (primary N) is 1. The van der Waals surface area contributed by atoms with E-state index in [9.17, 15) is 39.3 Å². The summed E-state index contributed by atoms with van der Waals surface area (Å²) in [6, 6.07) is 0.317. The maximum Gasteiger partial charge on any atom is 0.235 e. The van der Waals surface area contributed by atoms with E-state index in [2.05, 4.69) is 4.90 Å². The molecule has 2 saturated carbocycles. The molecule has 1 amide bonds. The fourth-order valence-corrected chi connectivity index (χ4v) is 7.95. The first-order valence-corrected chi connectivity index (χ1v) is 14.5. The zero-order valence-corrected chi connectivity index (χ0v) is 24.2. The molecule has 1 aromatic carbocycles. The van der Waals surface area contributed by atoms with E-state index >= 15 is 0 Å². The second-order valence-electron chi connectivity index (χ2n) is 12.5. The number of primary amides is 1. The number of carbonyl (C=O) groups excluding carboxylic acids is 5. The molecule has 5 N–H and O–H groups in total. The standard InChI is InChI=1S/C30H39N3O9/c1-32(2)23-18-11-15-10-17-21(24(36)20(15)27(38)30(18,41)28(39)22(25(23)37)29(31)40)19(35)12-16(26(17)42-3)13-33-7-4-14(5-8-33)6-9-34/h12,14-15,18,20,22-23,34-35,41H,4-11,13H2,1-3H3,(H2,31,40)/t15-,18-,20?,22?,23-,30-/m0/s1. The average molecular weight is 586 g/mol. The van der Waals surface area contributed by atoms with Gasteiger partial charge in [0.1, 0.15) is 11.5 Å². The molecule has 1 heterocycles. The Morgan fingerprint density at radius 1 is 1.17 bits per heavy atom. The van der Waals surface area contributed by atoms with Crippen LogP contribution < -0.4 is 10.5 Å². The number of benzene rings is 1. The van der Waals surface area contributed by atoms with Crippen molar-refractivity contribution in [2.45, 2.75) is 50.3 Å². The molecule has 4 aliphatic rings. The Labute approximate surface area is 243 Å². The van der Waals surface area contributed by atoms with Gasteiger partial charge in [-0.1, -0.05) is 0 Å². The second kappa shape index (κ2) is 11.1. The summed E-state index contributed by atoms with van der Waals surface area (Å²) >= 11 is 0. The van der Waals surface area contributed by atoms with Gasteiger partial charge in [0.15, 0.2) is 34.7 Å². The van der Waals surface area contributed by atoms with E-state index in [0.29, 0.717) is 29.3 Å². The molecule has 2 unspecified atom stereocenters. The van der Waals surface area contributed by atoms with Gasteiger partial charge < -0.3 is 25.8 Å². The Kier molecular flexibility index (Phi) is 8.03. The zero-order valence-electron chi connectivity index (χ0n) is 24.2. The number of Topliss-reactive ketones (excluding diaryl/α,β-unsaturated/α-hetero) is 4. The van der Waals surface area contributed by atoms with Gasteiger partial charge >= 0.3 is 0 Å². The Morgan fingerprint density at radius 3 is 2.40 bits per heavy atom. The highest BCUT2D eigenvalue weighted by molar-refractivity contribution is 6.32. The monoisotopic (exact) mass is 585 g/mol. The van der Waals surface area contributed by atoms with Crippen molar-refractivity contribution in [2.75, 3.05) is 40.9 Å². The van der Waals surface area contributed by atoms with Gasteiger partial charge in [0.2, 0.25) is 5.91 Å². The van der Waals surface area contributed by atoms with Crippen LogP contribution in [0.5, 0.6) is 11.5 Å². The molecule has 3 aliphatic carbocycles. The molecule has 1 aliphatic heterocycles. The number of hydrogen-bond acceptors (Lipinski definition) is 11. The minimum Gasteiger partial charge on any atom is -0.507 e. The van der Waals surface area contributed by atoms with Crippen LogP contribution in [0.4, 0.5) is 0 Å². The molecule has 0 aromatic heterocycles. The minimum atomic E-state index is -2.75. The lowest BCUT2D eigenvalue weighted by Crippen LogP contribution is -2.74. The van der Waals surface area contributed by atoms with Crippen LogP contribution in [0.3, 0.4) is 0 Å². The summed E-state index contributed by atoms with van der Waals surface area (Å²) in [6.45, 7) is 2.26. The van der Waals surface area contributed by atoms with Crippen molar-refractivity contribution in [3.05, 3.63) is 22.8 Å². The summed E-state index contributed by atoms with van der Waals surface area (Å²) in [6.07, 6.45) is 2.78. The Bertz CT molecular complexity index is 1340. The van der Waals surface area contributed by atoms with Crippen molar-refractivity contribution in [3.63, 3.8) is 0 Å². The molecular weight excluding hydrogens is 546 g/mol. The Hall–Kier alpha value is -3.19. The first-order valence-electron chi connectivity index (χ1n) is 14.5. The fourth-order valence-electron chi connectivity index (χ4n) is 7.95. The summed E-state index contributed by atoms with van der Waals surface area (Å²) in [7, 11) is 4.58. The fraction of sp³-hybridized carbons (Fsp3) is 0.633. The van der Waals surface area contributed by atoms with E-state index in [0.717, 1.165) is 32.4 Å². The lowest BCUT2D eigenvalue weighted by Gasteiger charge is -2.52. The van der Waals surface area contributed by atoms with E-state index in [-0.39, 0.29) is 30.8 Å². The van der Waals surface area contributed by atoms with Crippen LogP contribution in [0, 0.1) is 29.6 Å². The molecule has 0 spiro atoms. The normalized spacial score (nSPS) is 32.0.